The molecule has 1 saturated carbocycles. The van der Waals surface area contributed by atoms with Crippen molar-refractivity contribution in [3.8, 4) is 0 Å². The van der Waals surface area contributed by atoms with Crippen molar-refractivity contribution < 1.29 is 4.74 Å². The van der Waals surface area contributed by atoms with Crippen LogP contribution in [-0.4, -0.2) is 39.8 Å². The van der Waals surface area contributed by atoms with Gasteiger partial charge in [-0.15, -0.1) is 0 Å². The predicted octanol–water partition coefficient (Wildman–Crippen LogP) is 2.57. The average molecular weight is 310 g/mol. The van der Waals surface area contributed by atoms with Crippen LogP contribution in [0.1, 0.15) is 24.8 Å². The maximum atomic E-state index is 5.99. The minimum Gasteiger partial charge on any atom is -0.383 e. The Labute approximate surface area is 131 Å². The average Bonchev–Trinajstić information content (AvgIpc) is 2.46. The second-order valence-corrected chi connectivity index (χ2v) is 5.92. The van der Waals surface area contributed by atoms with Crippen LogP contribution in [0.4, 0.5) is 0 Å². The Morgan fingerprint density at radius 3 is 2.52 bits per heavy atom. The maximum Gasteiger partial charge on any atom is 0.191 e. The standard InChI is InChI=1S/C16H24ClN3O/c1-18-15(19-10-11-21-2)20-12-16(8-3-9-16)13-4-6-14(17)7-5-13/h4-7H,3,8-12H2,1-2H3,(H2,18,19,20). The summed E-state index contributed by atoms with van der Waals surface area (Å²) in [6.45, 7) is 2.31. The predicted molar refractivity (Wildman–Crippen MR) is 88.2 cm³/mol. The van der Waals surface area contributed by atoms with E-state index in [2.05, 4.69) is 27.8 Å². The van der Waals surface area contributed by atoms with Gasteiger partial charge in [0.25, 0.3) is 0 Å². The topological polar surface area (TPSA) is 45.7 Å². The summed E-state index contributed by atoms with van der Waals surface area (Å²) < 4.78 is 5.04. The second kappa shape index (κ2) is 7.66. The molecule has 1 aliphatic carbocycles. The van der Waals surface area contributed by atoms with Crippen molar-refractivity contribution in [1.29, 1.82) is 0 Å². The number of hydrogen-bond donors (Lipinski definition) is 2. The molecule has 0 saturated heterocycles. The van der Waals surface area contributed by atoms with E-state index in [1.807, 2.05) is 12.1 Å². The van der Waals surface area contributed by atoms with Gasteiger partial charge < -0.3 is 15.4 Å². The highest BCUT2D eigenvalue weighted by Gasteiger charge is 2.38. The fraction of sp³-hybridized carbons (Fsp3) is 0.562. The SMILES string of the molecule is CN=C(NCCOC)NCC1(c2ccc(Cl)cc2)CCC1. The minimum absolute atomic E-state index is 0.212. The van der Waals surface area contributed by atoms with Gasteiger partial charge >= 0.3 is 0 Å². The number of aliphatic imine (C=N–C) groups is 1. The molecule has 4 nitrogen and oxygen atoms in total. The summed E-state index contributed by atoms with van der Waals surface area (Å²) >= 11 is 5.99. The van der Waals surface area contributed by atoms with Crippen molar-refractivity contribution >= 4 is 17.6 Å². The van der Waals surface area contributed by atoms with Gasteiger partial charge in [-0.25, -0.2) is 0 Å². The summed E-state index contributed by atoms with van der Waals surface area (Å²) in [6, 6.07) is 8.24. The monoisotopic (exact) mass is 309 g/mol. The molecule has 0 amide bonds. The highest BCUT2D eigenvalue weighted by Crippen LogP contribution is 2.43. The first-order valence-electron chi connectivity index (χ1n) is 7.40. The number of ether oxygens (including phenoxy) is 1. The molecule has 1 aliphatic rings. The number of halogens is 1. The van der Waals surface area contributed by atoms with Crippen LogP contribution in [0.25, 0.3) is 0 Å². The molecule has 21 heavy (non-hydrogen) atoms. The Morgan fingerprint density at radius 1 is 1.29 bits per heavy atom. The first-order chi connectivity index (χ1) is 10.2. The van der Waals surface area contributed by atoms with Crippen molar-refractivity contribution in [2.24, 2.45) is 4.99 Å². The maximum absolute atomic E-state index is 5.99. The number of guanidine groups is 1. The Hall–Kier alpha value is -1.26. The van der Waals surface area contributed by atoms with E-state index in [1.165, 1.54) is 24.8 Å². The molecule has 1 aromatic rings. The third-order valence-corrected chi connectivity index (χ3v) is 4.44. The van der Waals surface area contributed by atoms with E-state index in [1.54, 1.807) is 14.2 Å². The lowest BCUT2D eigenvalue weighted by Crippen LogP contribution is -2.49. The van der Waals surface area contributed by atoms with Crippen LogP contribution in [0, 0.1) is 0 Å². The molecular formula is C16H24ClN3O. The first-order valence-corrected chi connectivity index (χ1v) is 7.77. The molecular weight excluding hydrogens is 286 g/mol. The second-order valence-electron chi connectivity index (χ2n) is 5.49. The van der Waals surface area contributed by atoms with Crippen molar-refractivity contribution in [2.75, 3.05) is 33.9 Å². The summed E-state index contributed by atoms with van der Waals surface area (Å²) in [5, 5.41) is 7.47. The quantitative estimate of drug-likeness (QED) is 0.482. The van der Waals surface area contributed by atoms with Gasteiger partial charge in [-0.2, -0.15) is 0 Å². The van der Waals surface area contributed by atoms with Crippen molar-refractivity contribution in [2.45, 2.75) is 24.7 Å². The van der Waals surface area contributed by atoms with Gasteiger partial charge in [-0.1, -0.05) is 30.2 Å². The van der Waals surface area contributed by atoms with Crippen LogP contribution >= 0.6 is 11.6 Å². The Bertz CT molecular complexity index is 469. The largest absolute Gasteiger partial charge is 0.383 e. The molecule has 2 rings (SSSR count). The van der Waals surface area contributed by atoms with E-state index in [0.717, 1.165) is 24.1 Å². The van der Waals surface area contributed by atoms with Crippen molar-refractivity contribution in [1.82, 2.24) is 10.6 Å². The zero-order valence-corrected chi connectivity index (χ0v) is 13.5. The molecule has 0 unspecified atom stereocenters. The molecule has 0 radical (unpaired) electrons. The van der Waals surface area contributed by atoms with E-state index >= 15 is 0 Å². The fourth-order valence-corrected chi connectivity index (χ4v) is 2.85. The lowest BCUT2D eigenvalue weighted by Gasteiger charge is -2.43. The molecule has 0 aliphatic heterocycles. The lowest BCUT2D eigenvalue weighted by molar-refractivity contribution is 0.203. The highest BCUT2D eigenvalue weighted by atomic mass is 35.5. The van der Waals surface area contributed by atoms with E-state index in [9.17, 15) is 0 Å². The molecule has 0 aromatic heterocycles. The Morgan fingerprint density at radius 2 is 2.00 bits per heavy atom. The Balaban J connectivity index is 1.94. The summed E-state index contributed by atoms with van der Waals surface area (Å²) in [5.41, 5.74) is 1.57. The van der Waals surface area contributed by atoms with Gasteiger partial charge in [-0.3, -0.25) is 4.99 Å². The molecule has 0 spiro atoms. The van der Waals surface area contributed by atoms with E-state index in [-0.39, 0.29) is 5.41 Å². The number of nitrogens with one attached hydrogen (secondary N) is 2. The van der Waals surface area contributed by atoms with Gasteiger partial charge in [0.1, 0.15) is 0 Å². The molecule has 1 aromatic carbocycles. The van der Waals surface area contributed by atoms with Gasteiger partial charge in [0.15, 0.2) is 5.96 Å². The Kier molecular flexibility index (Phi) is 5.88. The summed E-state index contributed by atoms with van der Waals surface area (Å²) in [4.78, 5) is 4.25. The van der Waals surface area contributed by atoms with Crippen LogP contribution in [-0.2, 0) is 10.2 Å². The minimum atomic E-state index is 0.212. The van der Waals surface area contributed by atoms with Crippen LogP contribution in [0.3, 0.4) is 0 Å². The third-order valence-electron chi connectivity index (χ3n) is 4.18. The smallest absolute Gasteiger partial charge is 0.191 e. The zero-order chi connectivity index (χ0) is 15.1. The number of benzene rings is 1. The van der Waals surface area contributed by atoms with E-state index in [0.29, 0.717) is 6.61 Å². The lowest BCUT2D eigenvalue weighted by atomic mass is 9.64. The number of nitrogens with zero attached hydrogens (tertiary/aromatic N) is 1. The molecule has 0 bridgehead atoms. The number of rotatable bonds is 6. The van der Waals surface area contributed by atoms with Gasteiger partial charge in [0, 0.05) is 37.7 Å². The van der Waals surface area contributed by atoms with Crippen LogP contribution < -0.4 is 10.6 Å². The number of hydrogen-bond acceptors (Lipinski definition) is 2. The van der Waals surface area contributed by atoms with Crippen molar-refractivity contribution in [3.05, 3.63) is 34.9 Å². The normalized spacial score (nSPS) is 17.2. The number of methoxy groups -OCH3 is 1. The zero-order valence-electron chi connectivity index (χ0n) is 12.8. The molecule has 0 atom stereocenters. The van der Waals surface area contributed by atoms with Crippen molar-refractivity contribution in [3.63, 3.8) is 0 Å². The van der Waals surface area contributed by atoms with Crippen LogP contribution in [0.5, 0.6) is 0 Å². The molecule has 2 N–H and O–H groups in total. The van der Waals surface area contributed by atoms with Crippen LogP contribution in [0.2, 0.25) is 5.02 Å². The van der Waals surface area contributed by atoms with Gasteiger partial charge in [0.05, 0.1) is 6.61 Å². The molecule has 116 valence electrons. The van der Waals surface area contributed by atoms with Gasteiger partial charge in [-0.05, 0) is 30.5 Å². The summed E-state index contributed by atoms with van der Waals surface area (Å²) in [5.74, 6) is 0.826. The first kappa shape index (κ1) is 16.1. The molecule has 0 heterocycles. The van der Waals surface area contributed by atoms with Gasteiger partial charge in [0.2, 0.25) is 0 Å². The van der Waals surface area contributed by atoms with E-state index in [4.69, 9.17) is 16.3 Å². The third kappa shape index (κ3) is 4.11. The van der Waals surface area contributed by atoms with Crippen LogP contribution in [0.15, 0.2) is 29.3 Å². The molecule has 5 heteroatoms. The fourth-order valence-electron chi connectivity index (χ4n) is 2.72. The highest BCUT2D eigenvalue weighted by molar-refractivity contribution is 6.30. The summed E-state index contributed by atoms with van der Waals surface area (Å²) in [7, 11) is 3.49. The molecule has 1 fully saturated rings. The summed E-state index contributed by atoms with van der Waals surface area (Å²) in [6.07, 6.45) is 3.69. The van der Waals surface area contributed by atoms with E-state index < -0.39 is 0 Å².